The van der Waals surface area contributed by atoms with E-state index in [-0.39, 0.29) is 11.7 Å². The molecule has 4 rings (SSSR count). The number of nitrogens with zero attached hydrogens (tertiary/aromatic N) is 1. The number of Topliss-reactive ketones (excluding diaryl/α,β-unsaturated/α-hetero) is 1. The van der Waals surface area contributed by atoms with Crippen LogP contribution in [0.3, 0.4) is 0 Å². The van der Waals surface area contributed by atoms with Crippen LogP contribution in [-0.2, 0) is 0 Å². The average Bonchev–Trinajstić information content (AvgIpc) is 3.48. The molecule has 0 saturated heterocycles. The van der Waals surface area contributed by atoms with Crippen molar-refractivity contribution < 1.29 is 31.5 Å². The Morgan fingerprint density at radius 3 is 2.20 bits per heavy atom. The van der Waals surface area contributed by atoms with Gasteiger partial charge in [0.1, 0.15) is 17.4 Å². The molecule has 1 fully saturated rings. The van der Waals surface area contributed by atoms with Crippen LogP contribution in [0.25, 0.3) is 11.3 Å². The maximum Gasteiger partial charge on any atom is 0.573 e. The fourth-order valence-corrected chi connectivity index (χ4v) is 3.39. The Labute approximate surface area is 168 Å². The summed E-state index contributed by atoms with van der Waals surface area (Å²) in [5, 5.41) is 0. The molecule has 2 unspecified atom stereocenters. The van der Waals surface area contributed by atoms with E-state index in [0.717, 1.165) is 17.7 Å². The Kier molecular flexibility index (Phi) is 5.01. The van der Waals surface area contributed by atoms with Crippen molar-refractivity contribution in [2.75, 3.05) is 0 Å². The van der Waals surface area contributed by atoms with E-state index in [9.17, 15) is 26.7 Å². The fraction of sp³-hybridized carbons (Fsp3) is 0.182. The Bertz CT molecular complexity index is 1060. The first-order valence-corrected chi connectivity index (χ1v) is 9.03. The molecule has 1 heterocycles. The van der Waals surface area contributed by atoms with Crippen molar-refractivity contribution >= 4 is 5.78 Å². The molecule has 0 bridgehead atoms. The lowest BCUT2D eigenvalue weighted by Crippen LogP contribution is -2.16. The Hall–Kier alpha value is -3.29. The van der Waals surface area contributed by atoms with Crippen molar-refractivity contribution in [2.24, 2.45) is 5.92 Å². The van der Waals surface area contributed by atoms with Crippen molar-refractivity contribution in [3.05, 3.63) is 83.6 Å². The van der Waals surface area contributed by atoms with E-state index >= 15 is 0 Å². The van der Waals surface area contributed by atoms with Crippen LogP contribution < -0.4 is 4.74 Å². The number of alkyl halides is 3. The highest BCUT2D eigenvalue weighted by Gasteiger charge is 2.45. The summed E-state index contributed by atoms with van der Waals surface area (Å²) in [6, 6.07) is 12.0. The highest BCUT2D eigenvalue weighted by atomic mass is 19.4. The third-order valence-electron chi connectivity index (χ3n) is 4.93. The van der Waals surface area contributed by atoms with Gasteiger partial charge in [-0.15, -0.1) is 13.2 Å². The molecule has 30 heavy (non-hydrogen) atoms. The smallest absolute Gasteiger partial charge is 0.406 e. The predicted octanol–water partition coefficient (Wildman–Crippen LogP) is 5.91. The van der Waals surface area contributed by atoms with Gasteiger partial charge in [-0.05, 0) is 60.4 Å². The van der Waals surface area contributed by atoms with Crippen molar-refractivity contribution in [2.45, 2.75) is 18.7 Å². The zero-order valence-electron chi connectivity index (χ0n) is 15.3. The van der Waals surface area contributed by atoms with E-state index in [4.69, 9.17) is 0 Å². The molecule has 0 N–H and O–H groups in total. The standard InChI is InChI=1S/C22H14F5NO2/c23-17-2-1-3-18(24)20(17)21(29)16-10-15(16)13-6-9-19(28-11-13)12-4-7-14(8-5-12)30-22(25,26)27/h1-9,11,15-16H,10H2. The quantitative estimate of drug-likeness (QED) is 0.381. The van der Waals surface area contributed by atoms with Crippen molar-refractivity contribution in [1.29, 1.82) is 0 Å². The zero-order chi connectivity index (χ0) is 21.5. The molecule has 0 amide bonds. The summed E-state index contributed by atoms with van der Waals surface area (Å²) in [5.74, 6) is -3.35. The highest BCUT2D eigenvalue weighted by Crippen LogP contribution is 2.49. The summed E-state index contributed by atoms with van der Waals surface area (Å²) in [6.07, 6.45) is -2.73. The number of rotatable bonds is 5. The molecule has 2 aromatic carbocycles. The van der Waals surface area contributed by atoms with Crippen LogP contribution in [0, 0.1) is 17.6 Å². The monoisotopic (exact) mass is 419 g/mol. The molecule has 154 valence electrons. The minimum atomic E-state index is -4.76. The SMILES string of the molecule is O=C(c1c(F)cccc1F)C1CC1c1ccc(-c2ccc(OC(F)(F)F)cc2)nc1. The van der Waals surface area contributed by atoms with Gasteiger partial charge in [-0.2, -0.15) is 0 Å². The van der Waals surface area contributed by atoms with Crippen LogP contribution >= 0.6 is 0 Å². The van der Waals surface area contributed by atoms with E-state index in [0.29, 0.717) is 17.7 Å². The normalized spacial score (nSPS) is 18.2. The van der Waals surface area contributed by atoms with Gasteiger partial charge in [-0.25, -0.2) is 8.78 Å². The lowest BCUT2D eigenvalue weighted by atomic mass is 10.0. The van der Waals surface area contributed by atoms with Crippen LogP contribution in [0.4, 0.5) is 22.0 Å². The number of hydrogen-bond donors (Lipinski definition) is 0. The summed E-state index contributed by atoms with van der Waals surface area (Å²) < 4.78 is 68.2. The number of pyridine rings is 1. The third-order valence-corrected chi connectivity index (χ3v) is 4.93. The topological polar surface area (TPSA) is 39.2 Å². The molecule has 1 aromatic heterocycles. The van der Waals surface area contributed by atoms with Crippen molar-refractivity contribution in [3.63, 3.8) is 0 Å². The van der Waals surface area contributed by atoms with Gasteiger partial charge in [-0.1, -0.05) is 12.1 Å². The second kappa shape index (κ2) is 7.51. The van der Waals surface area contributed by atoms with Crippen LogP contribution in [-0.4, -0.2) is 17.1 Å². The molecule has 0 spiro atoms. The van der Waals surface area contributed by atoms with Gasteiger partial charge < -0.3 is 4.74 Å². The fourth-order valence-electron chi connectivity index (χ4n) is 3.39. The molecule has 1 saturated carbocycles. The van der Waals surface area contributed by atoms with Gasteiger partial charge in [0, 0.05) is 17.7 Å². The number of carbonyl (C=O) groups is 1. The maximum absolute atomic E-state index is 13.8. The molecule has 3 aromatic rings. The van der Waals surface area contributed by atoms with Gasteiger partial charge >= 0.3 is 6.36 Å². The van der Waals surface area contributed by atoms with Gasteiger partial charge in [0.15, 0.2) is 5.78 Å². The summed E-state index contributed by atoms with van der Waals surface area (Å²) in [5.41, 5.74) is 1.36. The number of halogens is 5. The summed E-state index contributed by atoms with van der Waals surface area (Å²) in [4.78, 5) is 16.8. The third kappa shape index (κ3) is 4.17. The van der Waals surface area contributed by atoms with E-state index in [1.807, 2.05) is 0 Å². The van der Waals surface area contributed by atoms with Crippen LogP contribution in [0.15, 0.2) is 60.8 Å². The molecule has 0 aliphatic heterocycles. The van der Waals surface area contributed by atoms with Crippen molar-refractivity contribution in [1.82, 2.24) is 4.98 Å². The largest absolute Gasteiger partial charge is 0.573 e. The molecular weight excluding hydrogens is 405 g/mol. The summed E-state index contributed by atoms with van der Waals surface area (Å²) >= 11 is 0. The van der Waals surface area contributed by atoms with E-state index in [1.165, 1.54) is 30.3 Å². The number of ketones is 1. The molecule has 8 heteroatoms. The number of hydrogen-bond acceptors (Lipinski definition) is 3. The number of benzene rings is 2. The van der Waals surface area contributed by atoms with Crippen molar-refractivity contribution in [3.8, 4) is 17.0 Å². The number of carbonyl (C=O) groups excluding carboxylic acids is 1. The van der Waals surface area contributed by atoms with Gasteiger partial charge in [0.2, 0.25) is 0 Å². The zero-order valence-corrected chi connectivity index (χ0v) is 15.3. The maximum atomic E-state index is 13.8. The number of aromatic nitrogens is 1. The lowest BCUT2D eigenvalue weighted by molar-refractivity contribution is -0.274. The lowest BCUT2D eigenvalue weighted by Gasteiger charge is -2.09. The van der Waals surface area contributed by atoms with Crippen LogP contribution in [0.5, 0.6) is 5.75 Å². The molecule has 1 aliphatic rings. The Balaban J connectivity index is 1.45. The van der Waals surface area contributed by atoms with Gasteiger partial charge in [0.05, 0.1) is 11.3 Å². The van der Waals surface area contributed by atoms with E-state index in [2.05, 4.69) is 9.72 Å². The molecule has 2 atom stereocenters. The first kappa shape index (κ1) is 20.0. The van der Waals surface area contributed by atoms with Gasteiger partial charge in [0.25, 0.3) is 0 Å². The summed E-state index contributed by atoms with van der Waals surface area (Å²) in [7, 11) is 0. The molecule has 1 aliphatic carbocycles. The molecule has 0 radical (unpaired) electrons. The molecule has 3 nitrogen and oxygen atoms in total. The second-order valence-electron chi connectivity index (χ2n) is 6.96. The van der Waals surface area contributed by atoms with Gasteiger partial charge in [-0.3, -0.25) is 9.78 Å². The molecular formula is C22H14F5NO2. The first-order valence-electron chi connectivity index (χ1n) is 9.03. The Morgan fingerprint density at radius 2 is 1.63 bits per heavy atom. The van der Waals surface area contributed by atoms with E-state index in [1.54, 1.807) is 18.3 Å². The second-order valence-corrected chi connectivity index (χ2v) is 6.96. The van der Waals surface area contributed by atoms with E-state index < -0.39 is 35.3 Å². The predicted molar refractivity (Wildman–Crippen MR) is 97.9 cm³/mol. The Morgan fingerprint density at radius 1 is 0.967 bits per heavy atom. The summed E-state index contributed by atoms with van der Waals surface area (Å²) in [6.45, 7) is 0. The minimum absolute atomic E-state index is 0.180. The number of ether oxygens (including phenoxy) is 1. The average molecular weight is 419 g/mol. The highest BCUT2D eigenvalue weighted by molar-refractivity contribution is 6.00. The van der Waals surface area contributed by atoms with Crippen LogP contribution in [0.2, 0.25) is 0 Å². The first-order chi connectivity index (χ1) is 14.2. The van der Waals surface area contributed by atoms with Crippen LogP contribution in [0.1, 0.15) is 28.3 Å². The minimum Gasteiger partial charge on any atom is -0.406 e.